The maximum absolute atomic E-state index is 13.6. The van der Waals surface area contributed by atoms with E-state index in [0.717, 1.165) is 36.2 Å². The minimum Gasteiger partial charge on any atom is -0.342 e. The highest BCUT2D eigenvalue weighted by atomic mass is 32.1. The van der Waals surface area contributed by atoms with Crippen LogP contribution in [0.4, 0.5) is 22.7 Å². The van der Waals surface area contributed by atoms with Crippen molar-refractivity contribution in [3.63, 3.8) is 0 Å². The number of carbonyl (C=O) groups is 3. The lowest BCUT2D eigenvalue weighted by Gasteiger charge is -2.25. The van der Waals surface area contributed by atoms with Gasteiger partial charge < -0.3 is 10.2 Å². The van der Waals surface area contributed by atoms with Crippen molar-refractivity contribution in [2.45, 2.75) is 38.8 Å². The third-order valence-electron chi connectivity index (χ3n) is 6.45. The van der Waals surface area contributed by atoms with Gasteiger partial charge in [0.15, 0.2) is 10.8 Å². The maximum Gasteiger partial charge on any atom is 0.435 e. The average Bonchev–Trinajstić information content (AvgIpc) is 3.52. The lowest BCUT2D eigenvalue weighted by Crippen LogP contribution is -2.38. The van der Waals surface area contributed by atoms with Gasteiger partial charge in [-0.15, -0.1) is 0 Å². The summed E-state index contributed by atoms with van der Waals surface area (Å²) in [6, 6.07) is 13.9. The molecule has 0 radical (unpaired) electrons. The van der Waals surface area contributed by atoms with E-state index in [2.05, 4.69) is 10.3 Å². The van der Waals surface area contributed by atoms with Gasteiger partial charge in [-0.05, 0) is 36.2 Å². The van der Waals surface area contributed by atoms with Crippen LogP contribution in [0.3, 0.4) is 0 Å². The maximum atomic E-state index is 13.6. The predicted molar refractivity (Wildman–Crippen MR) is 134 cm³/mol. The molecule has 11 heteroatoms. The number of carbonyl (C=O) groups excluding carboxylic acids is 3. The molecule has 1 saturated heterocycles. The minimum atomic E-state index is -4.96. The number of hydrogen-bond acceptors (Lipinski definition) is 5. The van der Waals surface area contributed by atoms with Crippen molar-refractivity contribution in [3.8, 4) is 0 Å². The van der Waals surface area contributed by atoms with Gasteiger partial charge in [-0.25, -0.2) is 9.37 Å². The Morgan fingerprint density at radius 2 is 1.71 bits per heavy atom. The summed E-state index contributed by atoms with van der Waals surface area (Å²) < 4.78 is 54.1. The number of anilines is 1. The van der Waals surface area contributed by atoms with Crippen molar-refractivity contribution in [1.82, 2.24) is 9.88 Å². The van der Waals surface area contributed by atoms with Gasteiger partial charge in [0.1, 0.15) is 10.7 Å². The summed E-state index contributed by atoms with van der Waals surface area (Å²) in [6.07, 6.45) is -4.31. The zero-order valence-electron chi connectivity index (χ0n) is 20.6. The first-order chi connectivity index (χ1) is 17.8. The van der Waals surface area contributed by atoms with Crippen molar-refractivity contribution < 1.29 is 31.9 Å². The van der Waals surface area contributed by atoms with Crippen molar-refractivity contribution in [1.29, 1.82) is 0 Å². The van der Waals surface area contributed by atoms with Gasteiger partial charge >= 0.3 is 6.18 Å². The Hall–Kier alpha value is -3.60. The molecule has 0 spiro atoms. The van der Waals surface area contributed by atoms with Crippen LogP contribution in [0.5, 0.6) is 0 Å². The van der Waals surface area contributed by atoms with Gasteiger partial charge in [-0.2, -0.15) is 13.2 Å². The molecular weight excluding hydrogens is 522 g/mol. The SMILES string of the molecule is CC(C)(CC(=O)N1CC[C@@H](c2ccccc2)C1)C(=O)Nc1nc(C(F)(F)F)c(C(=O)c2ccc(F)cc2)s1. The molecule has 1 aromatic heterocycles. The molecule has 38 heavy (non-hydrogen) atoms. The van der Waals surface area contributed by atoms with Gasteiger partial charge in [0, 0.05) is 31.0 Å². The molecule has 1 atom stereocenters. The van der Waals surface area contributed by atoms with E-state index in [-0.39, 0.29) is 23.8 Å². The number of ketones is 1. The number of amides is 2. The van der Waals surface area contributed by atoms with E-state index in [1.165, 1.54) is 13.8 Å². The van der Waals surface area contributed by atoms with Crippen molar-refractivity contribution >= 4 is 34.1 Å². The largest absolute Gasteiger partial charge is 0.435 e. The van der Waals surface area contributed by atoms with Gasteiger partial charge in [0.25, 0.3) is 0 Å². The fourth-order valence-corrected chi connectivity index (χ4v) is 5.22. The summed E-state index contributed by atoms with van der Waals surface area (Å²) in [7, 11) is 0. The Morgan fingerprint density at radius 3 is 2.34 bits per heavy atom. The standard InChI is InChI=1S/C27H25F4N3O3S/c1-26(2,14-20(35)34-13-12-18(15-34)16-6-4-3-5-7-16)24(37)33-25-32-23(27(29,30)31)22(38-25)21(36)17-8-10-19(28)11-9-17/h3-11,18H,12-15H2,1-2H3,(H,32,33,37)/t18-/m1/s1. The summed E-state index contributed by atoms with van der Waals surface area (Å²) >= 11 is 0.378. The van der Waals surface area contributed by atoms with Crippen LogP contribution in [0.1, 0.15) is 59.1 Å². The number of nitrogens with one attached hydrogen (secondary N) is 1. The highest BCUT2D eigenvalue weighted by Gasteiger charge is 2.41. The zero-order chi connectivity index (χ0) is 27.7. The third kappa shape index (κ3) is 6.09. The number of likely N-dealkylation sites (tertiary alicyclic amines) is 1. The van der Waals surface area contributed by atoms with E-state index in [1.807, 2.05) is 30.3 Å². The molecule has 200 valence electrons. The Labute approximate surface area is 220 Å². The van der Waals surface area contributed by atoms with Crippen LogP contribution in [-0.4, -0.2) is 40.6 Å². The smallest absolute Gasteiger partial charge is 0.342 e. The molecule has 6 nitrogen and oxygen atoms in total. The zero-order valence-corrected chi connectivity index (χ0v) is 21.5. The first-order valence-corrected chi connectivity index (χ1v) is 12.7. The molecule has 1 aliphatic heterocycles. The van der Waals surface area contributed by atoms with Gasteiger partial charge in [0.2, 0.25) is 17.6 Å². The molecule has 1 fully saturated rings. The number of hydrogen-bond donors (Lipinski definition) is 1. The molecule has 0 bridgehead atoms. The first kappa shape index (κ1) is 27.4. The van der Waals surface area contributed by atoms with Gasteiger partial charge in [0.05, 0.1) is 5.41 Å². The minimum absolute atomic E-state index is 0.149. The Bertz CT molecular complexity index is 1340. The van der Waals surface area contributed by atoms with Crippen molar-refractivity contribution in [3.05, 3.63) is 82.1 Å². The van der Waals surface area contributed by atoms with Crippen LogP contribution in [0.2, 0.25) is 0 Å². The summed E-state index contributed by atoms with van der Waals surface area (Å²) in [5.74, 6) is -2.37. The van der Waals surface area contributed by atoms with E-state index in [9.17, 15) is 31.9 Å². The van der Waals surface area contributed by atoms with Gasteiger partial charge in [-0.3, -0.25) is 14.4 Å². The normalized spacial score (nSPS) is 15.9. The third-order valence-corrected chi connectivity index (χ3v) is 7.42. The molecule has 4 rings (SSSR count). The summed E-state index contributed by atoms with van der Waals surface area (Å²) in [5.41, 5.74) is -1.71. The summed E-state index contributed by atoms with van der Waals surface area (Å²) in [5, 5.41) is 1.93. The molecule has 2 heterocycles. The average molecular weight is 548 g/mol. The monoisotopic (exact) mass is 547 g/mol. The molecule has 2 amide bonds. The fourth-order valence-electron chi connectivity index (χ4n) is 4.27. The number of aromatic nitrogens is 1. The van der Waals surface area contributed by atoms with Gasteiger partial charge in [-0.1, -0.05) is 55.5 Å². The number of halogens is 4. The highest BCUT2D eigenvalue weighted by Crippen LogP contribution is 2.38. The second-order valence-corrected chi connectivity index (χ2v) is 10.8. The van der Waals surface area contributed by atoms with Crippen molar-refractivity contribution in [2.24, 2.45) is 5.41 Å². The second-order valence-electron chi connectivity index (χ2n) is 9.78. The molecule has 3 aromatic rings. The van der Waals surface area contributed by atoms with Crippen LogP contribution in [0.15, 0.2) is 54.6 Å². The lowest BCUT2D eigenvalue weighted by molar-refractivity contribution is -0.141. The van der Waals surface area contributed by atoms with Crippen LogP contribution >= 0.6 is 11.3 Å². The van der Waals surface area contributed by atoms with Crippen molar-refractivity contribution in [2.75, 3.05) is 18.4 Å². The van der Waals surface area contributed by atoms with E-state index in [1.54, 1.807) is 4.90 Å². The molecule has 0 unspecified atom stereocenters. The van der Waals surface area contributed by atoms with Crippen LogP contribution in [-0.2, 0) is 15.8 Å². The topological polar surface area (TPSA) is 79.4 Å². The van der Waals surface area contributed by atoms with Crippen LogP contribution in [0.25, 0.3) is 0 Å². The first-order valence-electron chi connectivity index (χ1n) is 11.9. The molecule has 0 aliphatic carbocycles. The number of nitrogens with zero attached hydrogens (tertiary/aromatic N) is 2. The van der Waals surface area contributed by atoms with E-state index >= 15 is 0 Å². The van der Waals surface area contributed by atoms with E-state index in [4.69, 9.17) is 0 Å². The van der Waals surface area contributed by atoms with Crippen LogP contribution < -0.4 is 5.32 Å². The number of benzene rings is 2. The molecular formula is C27H25F4N3O3S. The number of thiazole rings is 1. The predicted octanol–water partition coefficient (Wildman–Crippen LogP) is 5.90. The lowest BCUT2D eigenvalue weighted by atomic mass is 9.87. The van der Waals surface area contributed by atoms with E-state index in [0.29, 0.717) is 24.4 Å². The van der Waals surface area contributed by atoms with Crippen LogP contribution in [0, 0.1) is 11.2 Å². The Kier molecular flexibility index (Phi) is 7.68. The molecule has 0 saturated carbocycles. The summed E-state index contributed by atoms with van der Waals surface area (Å²) in [6.45, 7) is 4.12. The molecule has 1 aliphatic rings. The molecule has 1 N–H and O–H groups in total. The van der Waals surface area contributed by atoms with E-state index < -0.39 is 44.8 Å². The Morgan fingerprint density at radius 1 is 1.05 bits per heavy atom. The fraction of sp³-hybridized carbons (Fsp3) is 0.333. The molecule has 2 aromatic carbocycles. The quantitative estimate of drug-likeness (QED) is 0.295. The summed E-state index contributed by atoms with van der Waals surface area (Å²) in [4.78, 5) is 43.1. The Balaban J connectivity index is 1.45. The second kappa shape index (κ2) is 10.6. The number of alkyl halides is 3. The highest BCUT2D eigenvalue weighted by molar-refractivity contribution is 7.18. The number of rotatable bonds is 7.